The second-order valence-electron chi connectivity index (χ2n) is 8.36. The van der Waals surface area contributed by atoms with Crippen molar-refractivity contribution in [3.05, 3.63) is 54.4 Å². The van der Waals surface area contributed by atoms with Gasteiger partial charge in [-0.15, -0.1) is 0 Å². The van der Waals surface area contributed by atoms with Crippen molar-refractivity contribution in [3.8, 4) is 11.5 Å². The summed E-state index contributed by atoms with van der Waals surface area (Å²) in [5.41, 5.74) is 0.456. The van der Waals surface area contributed by atoms with Crippen molar-refractivity contribution in [1.82, 2.24) is 9.88 Å². The molecule has 0 spiro atoms. The fourth-order valence-corrected chi connectivity index (χ4v) is 4.87. The molecule has 1 aliphatic carbocycles. The number of aliphatic carboxylic acids is 1. The molecule has 6 heteroatoms. The van der Waals surface area contributed by atoms with Crippen LogP contribution < -0.4 is 4.74 Å². The van der Waals surface area contributed by atoms with Crippen LogP contribution in [0.2, 0.25) is 0 Å². The minimum Gasteiger partial charge on any atom is -0.480 e. The minimum atomic E-state index is -0.922. The molecule has 1 saturated heterocycles. The molecule has 4 rings (SSSR count). The van der Waals surface area contributed by atoms with Crippen LogP contribution in [0.4, 0.5) is 0 Å². The molecule has 2 aromatic rings. The lowest BCUT2D eigenvalue weighted by molar-refractivity contribution is -0.144. The summed E-state index contributed by atoms with van der Waals surface area (Å²) in [4.78, 5) is 30.8. The Morgan fingerprint density at radius 3 is 2.43 bits per heavy atom. The predicted octanol–water partition coefficient (Wildman–Crippen LogP) is 4.76. The molecule has 1 saturated carbocycles. The molecular weight excluding hydrogens is 380 g/mol. The van der Waals surface area contributed by atoms with Crippen molar-refractivity contribution in [1.29, 1.82) is 0 Å². The Balaban J connectivity index is 1.52. The fraction of sp³-hybridized carbons (Fsp3) is 0.458. The van der Waals surface area contributed by atoms with Crippen LogP contribution in [0.3, 0.4) is 0 Å². The maximum absolute atomic E-state index is 13.3. The molecule has 1 aromatic heterocycles. The van der Waals surface area contributed by atoms with Gasteiger partial charge in [0.25, 0.3) is 5.91 Å². The van der Waals surface area contributed by atoms with Crippen molar-refractivity contribution in [2.75, 3.05) is 6.54 Å². The first kappa shape index (κ1) is 20.4. The summed E-state index contributed by atoms with van der Waals surface area (Å²) in [6.45, 7) is 0.524. The minimum absolute atomic E-state index is 0.233. The van der Waals surface area contributed by atoms with Gasteiger partial charge in [-0.3, -0.25) is 9.78 Å². The standard InChI is InChI=1S/C24H28N2O4/c27-23(18-7-4-8-21(15-18)30-20-11-13-25-14-12-20)26-16-19(9-10-22(26)24(28)29)17-5-2-1-3-6-17/h4,7-8,11-15,17,19,22H,1-3,5-6,9-10,16H2,(H,28,29). The smallest absolute Gasteiger partial charge is 0.326 e. The Morgan fingerprint density at radius 2 is 1.70 bits per heavy atom. The van der Waals surface area contributed by atoms with E-state index in [0.717, 1.165) is 6.42 Å². The summed E-state index contributed by atoms with van der Waals surface area (Å²) < 4.78 is 5.82. The number of hydrogen-bond donors (Lipinski definition) is 1. The number of piperidine rings is 1. The van der Waals surface area contributed by atoms with Crippen LogP contribution in [-0.4, -0.2) is 39.5 Å². The summed E-state index contributed by atoms with van der Waals surface area (Å²) in [5, 5.41) is 9.73. The molecular formula is C24H28N2O4. The van der Waals surface area contributed by atoms with E-state index >= 15 is 0 Å². The van der Waals surface area contributed by atoms with Crippen molar-refractivity contribution in [2.45, 2.75) is 51.0 Å². The van der Waals surface area contributed by atoms with Crippen molar-refractivity contribution >= 4 is 11.9 Å². The molecule has 1 amide bonds. The normalized spacial score (nSPS) is 22.5. The number of aromatic nitrogens is 1. The molecule has 2 heterocycles. The summed E-state index contributed by atoms with van der Waals surface area (Å²) >= 11 is 0. The van der Waals surface area contributed by atoms with Gasteiger partial charge in [0, 0.05) is 24.5 Å². The number of likely N-dealkylation sites (tertiary alicyclic amines) is 1. The highest BCUT2D eigenvalue weighted by Crippen LogP contribution is 2.37. The van der Waals surface area contributed by atoms with E-state index < -0.39 is 12.0 Å². The zero-order valence-electron chi connectivity index (χ0n) is 17.1. The monoisotopic (exact) mass is 408 g/mol. The number of amides is 1. The molecule has 2 aliphatic rings. The topological polar surface area (TPSA) is 79.7 Å². The van der Waals surface area contributed by atoms with E-state index in [1.165, 1.54) is 32.1 Å². The number of carboxylic acid groups (broad SMARTS) is 1. The number of benzene rings is 1. The van der Waals surface area contributed by atoms with Crippen LogP contribution in [0.5, 0.6) is 11.5 Å². The van der Waals surface area contributed by atoms with E-state index in [-0.39, 0.29) is 5.91 Å². The molecule has 2 fully saturated rings. The molecule has 2 unspecified atom stereocenters. The van der Waals surface area contributed by atoms with E-state index in [4.69, 9.17) is 4.74 Å². The lowest BCUT2D eigenvalue weighted by atomic mass is 9.75. The van der Waals surface area contributed by atoms with Gasteiger partial charge in [-0.05, 0) is 55.0 Å². The van der Waals surface area contributed by atoms with Crippen LogP contribution in [0.25, 0.3) is 0 Å². The molecule has 2 atom stereocenters. The third-order valence-electron chi connectivity index (χ3n) is 6.45. The van der Waals surface area contributed by atoms with Gasteiger partial charge in [0.15, 0.2) is 0 Å². The lowest BCUT2D eigenvalue weighted by Crippen LogP contribution is -2.52. The van der Waals surface area contributed by atoms with Gasteiger partial charge in [-0.1, -0.05) is 38.2 Å². The van der Waals surface area contributed by atoms with Gasteiger partial charge in [-0.25, -0.2) is 4.79 Å². The third kappa shape index (κ3) is 4.64. The largest absolute Gasteiger partial charge is 0.480 e. The number of ether oxygens (including phenoxy) is 1. The van der Waals surface area contributed by atoms with Crippen molar-refractivity contribution in [3.63, 3.8) is 0 Å². The molecule has 6 nitrogen and oxygen atoms in total. The fourth-order valence-electron chi connectivity index (χ4n) is 4.87. The van der Waals surface area contributed by atoms with E-state index in [0.29, 0.717) is 41.9 Å². The SMILES string of the molecule is O=C(O)C1CCC(C2CCCCC2)CN1C(=O)c1cccc(Oc2ccncc2)c1. The Bertz CT molecular complexity index is 880. The van der Waals surface area contributed by atoms with Crippen LogP contribution >= 0.6 is 0 Å². The predicted molar refractivity (Wildman–Crippen MR) is 113 cm³/mol. The Labute approximate surface area is 176 Å². The van der Waals surface area contributed by atoms with Crippen molar-refractivity contribution < 1.29 is 19.4 Å². The average molecular weight is 408 g/mol. The Morgan fingerprint density at radius 1 is 0.933 bits per heavy atom. The van der Waals surface area contributed by atoms with Crippen LogP contribution in [0.15, 0.2) is 48.8 Å². The second-order valence-corrected chi connectivity index (χ2v) is 8.36. The number of pyridine rings is 1. The third-order valence-corrected chi connectivity index (χ3v) is 6.45. The summed E-state index contributed by atoms with van der Waals surface area (Å²) in [6, 6.07) is 9.69. The Kier molecular flexibility index (Phi) is 6.31. The van der Waals surface area contributed by atoms with E-state index in [9.17, 15) is 14.7 Å². The number of carbonyl (C=O) groups excluding carboxylic acids is 1. The molecule has 0 bridgehead atoms. The number of rotatable bonds is 5. The molecule has 1 aromatic carbocycles. The first-order valence-electron chi connectivity index (χ1n) is 10.8. The second kappa shape index (κ2) is 9.28. The van der Waals surface area contributed by atoms with Gasteiger partial charge >= 0.3 is 5.97 Å². The quantitative estimate of drug-likeness (QED) is 0.772. The van der Waals surface area contributed by atoms with Gasteiger partial charge < -0.3 is 14.7 Å². The highest BCUT2D eigenvalue weighted by atomic mass is 16.5. The van der Waals surface area contributed by atoms with Crippen LogP contribution in [0, 0.1) is 11.8 Å². The molecule has 158 valence electrons. The van der Waals surface area contributed by atoms with Gasteiger partial charge in [-0.2, -0.15) is 0 Å². The van der Waals surface area contributed by atoms with E-state index in [1.807, 2.05) is 0 Å². The first-order valence-corrected chi connectivity index (χ1v) is 10.8. The summed E-state index contributed by atoms with van der Waals surface area (Å²) in [7, 11) is 0. The molecule has 0 radical (unpaired) electrons. The number of carbonyl (C=O) groups is 2. The summed E-state index contributed by atoms with van der Waals surface area (Å²) in [6.07, 6.45) is 10.8. The number of nitrogens with zero attached hydrogens (tertiary/aromatic N) is 2. The van der Waals surface area contributed by atoms with E-state index in [2.05, 4.69) is 4.98 Å². The van der Waals surface area contributed by atoms with E-state index in [1.54, 1.807) is 53.7 Å². The maximum atomic E-state index is 13.3. The first-order chi connectivity index (χ1) is 14.6. The van der Waals surface area contributed by atoms with Crippen LogP contribution in [0.1, 0.15) is 55.3 Å². The van der Waals surface area contributed by atoms with Crippen LogP contribution in [-0.2, 0) is 4.79 Å². The zero-order valence-corrected chi connectivity index (χ0v) is 17.1. The van der Waals surface area contributed by atoms with Crippen molar-refractivity contribution in [2.24, 2.45) is 11.8 Å². The average Bonchev–Trinajstić information content (AvgIpc) is 2.79. The molecule has 1 N–H and O–H groups in total. The van der Waals surface area contributed by atoms with Gasteiger partial charge in [0.1, 0.15) is 17.5 Å². The van der Waals surface area contributed by atoms with Gasteiger partial charge in [0.05, 0.1) is 0 Å². The number of carboxylic acids is 1. The summed E-state index contributed by atoms with van der Waals surface area (Å²) in [5.74, 6) is 1.01. The number of hydrogen-bond acceptors (Lipinski definition) is 4. The Hall–Kier alpha value is -2.89. The lowest BCUT2D eigenvalue weighted by Gasteiger charge is -2.41. The van der Waals surface area contributed by atoms with Gasteiger partial charge in [0.2, 0.25) is 0 Å². The maximum Gasteiger partial charge on any atom is 0.326 e. The molecule has 1 aliphatic heterocycles. The zero-order chi connectivity index (χ0) is 20.9. The molecule has 30 heavy (non-hydrogen) atoms. The highest BCUT2D eigenvalue weighted by Gasteiger charge is 2.39. The highest BCUT2D eigenvalue weighted by molar-refractivity contribution is 5.97.